The molecule has 1 aliphatic carbocycles. The number of carbonyl (C=O) groups is 2. The molecular formula is C23H29FN4O3. The summed E-state index contributed by atoms with van der Waals surface area (Å²) in [5.41, 5.74) is 2.96. The van der Waals surface area contributed by atoms with Crippen molar-refractivity contribution in [3.05, 3.63) is 34.8 Å². The number of fused-ring (bicyclic) bond motifs is 1. The first-order chi connectivity index (χ1) is 14.9. The van der Waals surface area contributed by atoms with Gasteiger partial charge >= 0.3 is 0 Å². The van der Waals surface area contributed by atoms with Gasteiger partial charge in [0.15, 0.2) is 11.7 Å². The van der Waals surface area contributed by atoms with Crippen molar-refractivity contribution in [2.75, 3.05) is 18.5 Å². The number of aliphatic imine (C=N–C) groups is 1. The number of nitrogens with one attached hydrogen (secondary N) is 3. The Bertz CT molecular complexity index is 950. The molecule has 1 saturated carbocycles. The SMILES string of the molecule is CC1=C(CC2CCCC2)NC(C(=O)NC2COc3cc(C)cc(F)c3NC2=O)=NCC1. The third-order valence-corrected chi connectivity index (χ3v) is 6.20. The van der Waals surface area contributed by atoms with Gasteiger partial charge in [-0.15, -0.1) is 0 Å². The van der Waals surface area contributed by atoms with E-state index in [1.807, 2.05) is 0 Å². The highest BCUT2D eigenvalue weighted by atomic mass is 19.1. The van der Waals surface area contributed by atoms with Crippen molar-refractivity contribution in [3.8, 4) is 5.75 Å². The second-order valence-corrected chi connectivity index (χ2v) is 8.67. The lowest BCUT2D eigenvalue weighted by Gasteiger charge is -2.19. The van der Waals surface area contributed by atoms with Crippen LogP contribution in [0.2, 0.25) is 0 Å². The first-order valence-electron chi connectivity index (χ1n) is 11.0. The Hall–Kier alpha value is -2.90. The molecule has 8 heteroatoms. The zero-order valence-corrected chi connectivity index (χ0v) is 18.0. The van der Waals surface area contributed by atoms with Crippen LogP contribution in [-0.2, 0) is 9.59 Å². The van der Waals surface area contributed by atoms with Crippen LogP contribution < -0.4 is 20.7 Å². The van der Waals surface area contributed by atoms with Crippen LogP contribution in [-0.4, -0.2) is 36.8 Å². The summed E-state index contributed by atoms with van der Waals surface area (Å²) in [6.07, 6.45) is 6.67. The monoisotopic (exact) mass is 428 g/mol. The summed E-state index contributed by atoms with van der Waals surface area (Å²) >= 11 is 0. The molecule has 4 rings (SSSR count). The van der Waals surface area contributed by atoms with Crippen molar-refractivity contribution in [1.29, 1.82) is 0 Å². The number of aryl methyl sites for hydroxylation is 1. The van der Waals surface area contributed by atoms with Gasteiger partial charge in [-0.25, -0.2) is 4.39 Å². The van der Waals surface area contributed by atoms with Crippen LogP contribution in [0, 0.1) is 18.7 Å². The number of anilines is 1. The van der Waals surface area contributed by atoms with Crippen LogP contribution in [0.1, 0.15) is 51.0 Å². The third kappa shape index (κ3) is 4.89. The van der Waals surface area contributed by atoms with E-state index in [1.54, 1.807) is 13.0 Å². The van der Waals surface area contributed by atoms with Crippen LogP contribution >= 0.6 is 0 Å². The van der Waals surface area contributed by atoms with E-state index in [1.165, 1.54) is 37.3 Å². The molecule has 0 bridgehead atoms. The summed E-state index contributed by atoms with van der Waals surface area (Å²) < 4.78 is 19.9. The third-order valence-electron chi connectivity index (χ3n) is 6.20. The van der Waals surface area contributed by atoms with E-state index >= 15 is 0 Å². The van der Waals surface area contributed by atoms with Gasteiger partial charge in [0.1, 0.15) is 24.1 Å². The number of allylic oxidation sites excluding steroid dienone is 1. The minimum Gasteiger partial charge on any atom is -0.489 e. The second-order valence-electron chi connectivity index (χ2n) is 8.67. The fourth-order valence-electron chi connectivity index (χ4n) is 4.37. The Morgan fingerprint density at radius 3 is 2.81 bits per heavy atom. The first-order valence-corrected chi connectivity index (χ1v) is 11.0. The van der Waals surface area contributed by atoms with Crippen molar-refractivity contribution in [1.82, 2.24) is 10.6 Å². The van der Waals surface area contributed by atoms with Crippen molar-refractivity contribution in [3.63, 3.8) is 0 Å². The van der Waals surface area contributed by atoms with Gasteiger partial charge in [-0.2, -0.15) is 0 Å². The normalized spacial score (nSPS) is 21.8. The summed E-state index contributed by atoms with van der Waals surface area (Å²) in [7, 11) is 0. The predicted molar refractivity (Wildman–Crippen MR) is 117 cm³/mol. The number of ether oxygens (including phenoxy) is 1. The van der Waals surface area contributed by atoms with Crippen LogP contribution in [0.25, 0.3) is 0 Å². The molecule has 1 unspecified atom stereocenters. The smallest absolute Gasteiger partial charge is 0.287 e. The highest BCUT2D eigenvalue weighted by Gasteiger charge is 2.30. The number of nitrogens with zero attached hydrogens (tertiary/aromatic N) is 1. The van der Waals surface area contributed by atoms with Gasteiger partial charge < -0.3 is 20.7 Å². The maximum Gasteiger partial charge on any atom is 0.287 e. The highest BCUT2D eigenvalue weighted by Crippen LogP contribution is 2.32. The zero-order chi connectivity index (χ0) is 22.0. The topological polar surface area (TPSA) is 91.8 Å². The first kappa shape index (κ1) is 21.3. The molecule has 0 saturated heterocycles. The Kier molecular flexibility index (Phi) is 6.25. The van der Waals surface area contributed by atoms with E-state index in [0.29, 0.717) is 18.0 Å². The molecule has 0 aromatic heterocycles. The van der Waals surface area contributed by atoms with E-state index in [-0.39, 0.29) is 23.9 Å². The fourth-order valence-corrected chi connectivity index (χ4v) is 4.37. The molecule has 7 nitrogen and oxygen atoms in total. The molecule has 3 aliphatic rings. The van der Waals surface area contributed by atoms with E-state index in [4.69, 9.17) is 4.74 Å². The number of rotatable bonds is 4. The molecule has 2 aliphatic heterocycles. The van der Waals surface area contributed by atoms with Crippen molar-refractivity contribution >= 4 is 23.3 Å². The lowest BCUT2D eigenvalue weighted by atomic mass is 9.98. The van der Waals surface area contributed by atoms with E-state index in [9.17, 15) is 14.0 Å². The summed E-state index contributed by atoms with van der Waals surface area (Å²) in [6.45, 7) is 4.24. The van der Waals surface area contributed by atoms with Crippen LogP contribution in [0.15, 0.2) is 28.4 Å². The summed E-state index contributed by atoms with van der Waals surface area (Å²) in [5.74, 6) is -0.460. The molecule has 31 heavy (non-hydrogen) atoms. The van der Waals surface area contributed by atoms with E-state index in [0.717, 1.165) is 18.5 Å². The number of amides is 2. The lowest BCUT2D eigenvalue weighted by molar-refractivity contribution is -0.123. The Labute approximate surface area is 181 Å². The minimum absolute atomic E-state index is 0.00492. The molecule has 1 aromatic rings. The molecule has 1 fully saturated rings. The summed E-state index contributed by atoms with van der Waals surface area (Å²) in [4.78, 5) is 29.9. The van der Waals surface area contributed by atoms with Crippen LogP contribution in [0.3, 0.4) is 0 Å². The molecule has 0 radical (unpaired) electrons. The minimum atomic E-state index is -0.962. The second kappa shape index (κ2) is 9.08. The predicted octanol–water partition coefficient (Wildman–Crippen LogP) is 3.20. The van der Waals surface area contributed by atoms with Crippen LogP contribution in [0.5, 0.6) is 5.75 Å². The average molecular weight is 429 g/mol. The molecule has 1 aromatic carbocycles. The average Bonchev–Trinajstić information content (AvgIpc) is 3.10. The van der Waals surface area contributed by atoms with Crippen molar-refractivity contribution < 1.29 is 18.7 Å². The van der Waals surface area contributed by atoms with Gasteiger partial charge in [-0.3, -0.25) is 14.6 Å². The molecule has 1 atom stereocenters. The number of carbonyl (C=O) groups excluding carboxylic acids is 2. The van der Waals surface area contributed by atoms with Crippen LogP contribution in [0.4, 0.5) is 10.1 Å². The van der Waals surface area contributed by atoms with Gasteiger partial charge in [0, 0.05) is 12.2 Å². The highest BCUT2D eigenvalue weighted by molar-refractivity contribution is 6.38. The van der Waals surface area contributed by atoms with Crippen molar-refractivity contribution in [2.24, 2.45) is 10.9 Å². The maximum absolute atomic E-state index is 14.2. The standard InChI is InChI=1S/C23H29FN4O3/c1-13-9-16(24)20-19(10-13)31-12-18(22(29)28-20)27-23(30)21-25-8-7-14(2)17(26-21)11-15-5-3-4-6-15/h9-10,15,18H,3-8,11-12H2,1-2H3,(H,25,26)(H,27,30)(H,28,29). The molecule has 166 valence electrons. The number of halogens is 1. The van der Waals surface area contributed by atoms with E-state index in [2.05, 4.69) is 27.9 Å². The van der Waals surface area contributed by atoms with Gasteiger partial charge in [0.2, 0.25) is 0 Å². The summed E-state index contributed by atoms with van der Waals surface area (Å²) in [6, 6.07) is 2.02. The zero-order valence-electron chi connectivity index (χ0n) is 18.0. The van der Waals surface area contributed by atoms with Gasteiger partial charge in [0.05, 0.1) is 0 Å². The van der Waals surface area contributed by atoms with Gasteiger partial charge in [0.25, 0.3) is 11.8 Å². The molecule has 3 N–H and O–H groups in total. The van der Waals surface area contributed by atoms with Gasteiger partial charge in [-0.05, 0) is 50.3 Å². The number of hydrogen-bond acceptors (Lipinski definition) is 5. The molecule has 2 amide bonds. The molecular weight excluding hydrogens is 399 g/mol. The molecule has 2 heterocycles. The lowest BCUT2D eigenvalue weighted by Crippen LogP contribution is -2.51. The number of amidine groups is 1. The maximum atomic E-state index is 14.2. The Morgan fingerprint density at radius 1 is 1.26 bits per heavy atom. The quantitative estimate of drug-likeness (QED) is 0.687. The largest absolute Gasteiger partial charge is 0.489 e. The Morgan fingerprint density at radius 2 is 2.03 bits per heavy atom. The fraction of sp³-hybridized carbons (Fsp3) is 0.522. The molecule has 0 spiro atoms. The van der Waals surface area contributed by atoms with E-state index < -0.39 is 23.7 Å². The Balaban J connectivity index is 1.43. The number of benzene rings is 1. The summed E-state index contributed by atoms with van der Waals surface area (Å²) in [5, 5.41) is 8.45. The number of hydrogen-bond donors (Lipinski definition) is 3. The van der Waals surface area contributed by atoms with Gasteiger partial charge in [-0.1, -0.05) is 31.3 Å². The van der Waals surface area contributed by atoms with Crippen molar-refractivity contribution in [2.45, 2.75) is 58.4 Å².